The molecule has 18 heavy (non-hydrogen) atoms. The lowest BCUT2D eigenvalue weighted by Crippen LogP contribution is -2.25. The second-order valence-electron chi connectivity index (χ2n) is 3.60. The van der Waals surface area contributed by atoms with E-state index in [-0.39, 0.29) is 0 Å². The fourth-order valence-corrected chi connectivity index (χ4v) is 2.80. The van der Waals surface area contributed by atoms with Gasteiger partial charge in [-0.2, -0.15) is 0 Å². The topological polar surface area (TPSA) is 67.1 Å². The molecule has 0 aromatic carbocycles. The Morgan fingerprint density at radius 1 is 1.33 bits per heavy atom. The zero-order chi connectivity index (χ0) is 13.4. The summed E-state index contributed by atoms with van der Waals surface area (Å²) in [5.74, 6) is 7.09. The lowest BCUT2D eigenvalue weighted by Gasteiger charge is -2.17. The molecule has 1 rings (SSSR count). The number of nitrogens with one attached hydrogen (secondary N) is 1. The Kier molecular flexibility index (Phi) is 7.41. The monoisotopic (exact) mass is 287 g/mol. The van der Waals surface area contributed by atoms with Crippen LogP contribution in [0.5, 0.6) is 0 Å². The molecule has 0 unspecified atom stereocenters. The molecule has 0 bridgehead atoms. The van der Waals surface area contributed by atoms with Gasteiger partial charge in [-0.3, -0.25) is 0 Å². The maximum atomic E-state index is 5.40. The van der Waals surface area contributed by atoms with Gasteiger partial charge >= 0.3 is 0 Å². The molecule has 0 aliphatic heterocycles. The molecule has 1 aromatic heterocycles. The number of hydrogen-bond donors (Lipinski definition) is 2. The maximum Gasteiger partial charge on any atom is 0.190 e. The van der Waals surface area contributed by atoms with Crippen molar-refractivity contribution < 1.29 is 0 Å². The molecule has 5 nitrogen and oxygen atoms in total. The van der Waals surface area contributed by atoms with Crippen LogP contribution in [0.2, 0.25) is 0 Å². The summed E-state index contributed by atoms with van der Waals surface area (Å²) in [6.07, 6.45) is 1.96. The molecule has 0 radical (unpaired) electrons. The Bertz CT molecular complexity index is 335. The lowest BCUT2D eigenvalue weighted by atomic mass is 10.5. The summed E-state index contributed by atoms with van der Waals surface area (Å²) in [5, 5.41) is 1.71. The van der Waals surface area contributed by atoms with Crippen molar-refractivity contribution in [2.24, 2.45) is 5.84 Å². The smallest absolute Gasteiger partial charge is 0.190 e. The fourth-order valence-electron chi connectivity index (χ4n) is 1.46. The highest BCUT2D eigenvalue weighted by Gasteiger charge is 2.05. The summed E-state index contributed by atoms with van der Waals surface area (Å²) in [7, 11) is 0. The van der Waals surface area contributed by atoms with E-state index in [0.717, 1.165) is 35.6 Å². The molecule has 0 aliphatic rings. The maximum absolute atomic E-state index is 5.40. The molecule has 1 aromatic rings. The Morgan fingerprint density at radius 2 is 2.06 bits per heavy atom. The minimum atomic E-state index is 0.666. The number of anilines is 1. The molecule has 102 valence electrons. The van der Waals surface area contributed by atoms with Gasteiger partial charge in [-0.05, 0) is 19.3 Å². The second-order valence-corrected chi connectivity index (χ2v) is 5.49. The van der Waals surface area contributed by atoms with Gasteiger partial charge in [0, 0.05) is 18.4 Å². The molecule has 0 spiro atoms. The number of rotatable bonds is 8. The molecule has 0 amide bonds. The van der Waals surface area contributed by atoms with E-state index in [1.165, 1.54) is 11.8 Å². The van der Waals surface area contributed by atoms with E-state index in [2.05, 4.69) is 34.1 Å². The number of nitrogens with zero attached hydrogens (tertiary/aromatic N) is 3. The van der Waals surface area contributed by atoms with E-state index in [0.29, 0.717) is 5.82 Å². The molecule has 1 heterocycles. The van der Waals surface area contributed by atoms with E-state index >= 15 is 0 Å². The van der Waals surface area contributed by atoms with E-state index in [1.54, 1.807) is 11.8 Å². The summed E-state index contributed by atoms with van der Waals surface area (Å²) in [6, 6.07) is 1.88. The lowest BCUT2D eigenvalue weighted by molar-refractivity contribution is 0.324. The summed E-state index contributed by atoms with van der Waals surface area (Å²) in [6.45, 7) is 7.61. The van der Waals surface area contributed by atoms with Crippen molar-refractivity contribution in [3.63, 3.8) is 0 Å². The van der Waals surface area contributed by atoms with Crippen molar-refractivity contribution in [2.75, 3.05) is 37.1 Å². The van der Waals surface area contributed by atoms with E-state index in [9.17, 15) is 0 Å². The first-order chi connectivity index (χ1) is 8.73. The summed E-state index contributed by atoms with van der Waals surface area (Å²) in [4.78, 5) is 11.1. The third-order valence-corrected chi connectivity index (χ3v) is 4.00. The Hall–Kier alpha value is -0.500. The highest BCUT2D eigenvalue weighted by Crippen LogP contribution is 2.21. The van der Waals surface area contributed by atoms with Gasteiger partial charge in [0.1, 0.15) is 10.8 Å². The Morgan fingerprint density at radius 3 is 2.61 bits per heavy atom. The van der Waals surface area contributed by atoms with Gasteiger partial charge in [0.25, 0.3) is 0 Å². The predicted octanol–water partition coefficient (Wildman–Crippen LogP) is 1.92. The molecule has 3 N–H and O–H groups in total. The molecule has 0 fully saturated rings. The highest BCUT2D eigenvalue weighted by molar-refractivity contribution is 7.99. The average molecular weight is 287 g/mol. The van der Waals surface area contributed by atoms with Crippen molar-refractivity contribution in [2.45, 2.75) is 24.0 Å². The SMILES string of the molecule is CCN(CC)CCSc1cc(NN)nc(SC)n1. The van der Waals surface area contributed by atoms with Gasteiger partial charge in [0.05, 0.1) is 0 Å². The van der Waals surface area contributed by atoms with Crippen LogP contribution in [0.4, 0.5) is 5.82 Å². The van der Waals surface area contributed by atoms with Crippen LogP contribution in [0.1, 0.15) is 13.8 Å². The predicted molar refractivity (Wildman–Crippen MR) is 80.1 cm³/mol. The van der Waals surface area contributed by atoms with Gasteiger partial charge in [0.2, 0.25) is 0 Å². The highest BCUT2D eigenvalue weighted by atomic mass is 32.2. The van der Waals surface area contributed by atoms with Crippen LogP contribution < -0.4 is 11.3 Å². The minimum Gasteiger partial charge on any atom is -0.308 e. The largest absolute Gasteiger partial charge is 0.308 e. The normalized spacial score (nSPS) is 10.9. The van der Waals surface area contributed by atoms with Crippen LogP contribution in [0.25, 0.3) is 0 Å². The van der Waals surface area contributed by atoms with Gasteiger partial charge in [-0.25, -0.2) is 15.8 Å². The molecule has 7 heteroatoms. The molecular weight excluding hydrogens is 266 g/mol. The van der Waals surface area contributed by atoms with Crippen molar-refractivity contribution in [1.82, 2.24) is 14.9 Å². The molecule has 0 aliphatic carbocycles. The number of nitrogens with two attached hydrogens (primary N) is 1. The van der Waals surface area contributed by atoms with Crippen LogP contribution in [0.15, 0.2) is 16.2 Å². The first-order valence-corrected chi connectivity index (χ1v) is 8.19. The van der Waals surface area contributed by atoms with Crippen LogP contribution in [-0.2, 0) is 0 Å². The van der Waals surface area contributed by atoms with Crippen molar-refractivity contribution in [1.29, 1.82) is 0 Å². The van der Waals surface area contributed by atoms with E-state index in [1.807, 2.05) is 12.3 Å². The summed E-state index contributed by atoms with van der Waals surface area (Å²) in [5.41, 5.74) is 2.58. The van der Waals surface area contributed by atoms with Crippen LogP contribution >= 0.6 is 23.5 Å². The second kappa shape index (κ2) is 8.58. The standard InChI is InChI=1S/C11H21N5S2/c1-4-16(5-2)6-7-18-10-8-9(15-12)13-11(14-10)17-3/h8H,4-7,12H2,1-3H3,(H,13,14,15). The Labute approximate surface area is 117 Å². The number of nitrogen functional groups attached to an aromatic ring is 1. The average Bonchev–Trinajstić information content (AvgIpc) is 2.43. The first-order valence-electron chi connectivity index (χ1n) is 5.98. The zero-order valence-corrected chi connectivity index (χ0v) is 12.8. The zero-order valence-electron chi connectivity index (χ0n) is 11.1. The number of thioether (sulfide) groups is 2. The number of hydrogen-bond acceptors (Lipinski definition) is 7. The van der Waals surface area contributed by atoms with Crippen LogP contribution in [0, 0.1) is 0 Å². The third kappa shape index (κ3) is 5.01. The van der Waals surface area contributed by atoms with Gasteiger partial charge < -0.3 is 10.3 Å². The van der Waals surface area contributed by atoms with Gasteiger partial charge in [-0.1, -0.05) is 25.6 Å². The molecular formula is C11H21N5S2. The van der Waals surface area contributed by atoms with E-state index in [4.69, 9.17) is 5.84 Å². The Balaban J connectivity index is 2.55. The molecule has 0 saturated carbocycles. The summed E-state index contributed by atoms with van der Waals surface area (Å²) < 4.78 is 0. The van der Waals surface area contributed by atoms with E-state index < -0.39 is 0 Å². The quantitative estimate of drug-likeness (QED) is 0.249. The first kappa shape index (κ1) is 15.6. The third-order valence-electron chi connectivity index (χ3n) is 2.56. The van der Waals surface area contributed by atoms with Crippen LogP contribution in [-0.4, -0.2) is 46.5 Å². The fraction of sp³-hybridized carbons (Fsp3) is 0.636. The van der Waals surface area contributed by atoms with Gasteiger partial charge in [-0.15, -0.1) is 11.8 Å². The summed E-state index contributed by atoms with van der Waals surface area (Å²) >= 11 is 3.26. The molecule has 0 saturated heterocycles. The number of hydrazine groups is 1. The van der Waals surface area contributed by atoms with Gasteiger partial charge in [0.15, 0.2) is 5.16 Å². The van der Waals surface area contributed by atoms with Crippen molar-refractivity contribution in [3.8, 4) is 0 Å². The minimum absolute atomic E-state index is 0.666. The van der Waals surface area contributed by atoms with Crippen LogP contribution in [0.3, 0.4) is 0 Å². The molecule has 0 atom stereocenters. The van der Waals surface area contributed by atoms with Crippen molar-refractivity contribution in [3.05, 3.63) is 6.07 Å². The van der Waals surface area contributed by atoms with Crippen molar-refractivity contribution >= 4 is 29.3 Å². The number of aromatic nitrogens is 2.